The molecule has 23 heavy (non-hydrogen) atoms. The van der Waals surface area contributed by atoms with Crippen molar-refractivity contribution in [3.63, 3.8) is 0 Å². The number of H-pyrrole nitrogens is 1. The van der Waals surface area contributed by atoms with Crippen LogP contribution in [0.5, 0.6) is 5.75 Å². The van der Waals surface area contributed by atoms with Crippen molar-refractivity contribution in [2.24, 2.45) is 5.92 Å². The summed E-state index contributed by atoms with van der Waals surface area (Å²) in [6.07, 6.45) is 5.41. The molecule has 1 aromatic carbocycles. The van der Waals surface area contributed by atoms with Crippen LogP contribution in [0.2, 0.25) is 0 Å². The third-order valence-corrected chi connectivity index (χ3v) is 4.46. The minimum atomic E-state index is -0.277. The molecule has 1 fully saturated rings. The monoisotopic (exact) mass is 312 g/mol. The molecular formula is C18H20N2O3. The zero-order valence-corrected chi connectivity index (χ0v) is 13.2. The van der Waals surface area contributed by atoms with Gasteiger partial charge in [-0.25, -0.2) is 0 Å². The lowest BCUT2D eigenvalue weighted by atomic mass is 9.87. The minimum absolute atomic E-state index is 0.171. The summed E-state index contributed by atoms with van der Waals surface area (Å²) in [5.41, 5.74) is 1.84. The van der Waals surface area contributed by atoms with E-state index in [0.29, 0.717) is 0 Å². The number of nitriles is 1. The second kappa shape index (κ2) is 6.74. The first-order chi connectivity index (χ1) is 11.2. The molecule has 5 heteroatoms. The summed E-state index contributed by atoms with van der Waals surface area (Å²) in [7, 11) is 1.62. The summed E-state index contributed by atoms with van der Waals surface area (Å²) in [6.45, 7) is 0. The lowest BCUT2D eigenvalue weighted by molar-refractivity contribution is -0.151. The maximum absolute atomic E-state index is 12.3. The molecule has 2 atom stereocenters. The van der Waals surface area contributed by atoms with E-state index in [0.717, 1.165) is 47.9 Å². The molecule has 0 unspecified atom stereocenters. The number of hydrogen-bond acceptors (Lipinski definition) is 4. The Morgan fingerprint density at radius 2 is 2.22 bits per heavy atom. The second-order valence-corrected chi connectivity index (χ2v) is 5.95. The highest BCUT2D eigenvalue weighted by atomic mass is 16.5. The average Bonchev–Trinajstić information content (AvgIpc) is 2.97. The van der Waals surface area contributed by atoms with Crippen molar-refractivity contribution in [1.29, 1.82) is 5.26 Å². The van der Waals surface area contributed by atoms with Crippen LogP contribution in [0.3, 0.4) is 0 Å². The average molecular weight is 312 g/mol. The Labute approximate surface area is 135 Å². The molecule has 0 aliphatic heterocycles. The van der Waals surface area contributed by atoms with Crippen LogP contribution in [-0.2, 0) is 16.0 Å². The molecule has 1 aromatic heterocycles. The number of carbonyl (C=O) groups excluding carboxylic acids is 1. The summed E-state index contributed by atoms with van der Waals surface area (Å²) < 4.78 is 10.8. The number of aromatic amines is 1. The first-order valence-electron chi connectivity index (χ1n) is 7.94. The Bertz CT molecular complexity index is 744. The third kappa shape index (κ3) is 3.31. The largest absolute Gasteiger partial charge is 0.497 e. The van der Waals surface area contributed by atoms with Gasteiger partial charge in [0.15, 0.2) is 0 Å². The first kappa shape index (κ1) is 15.4. The highest BCUT2D eigenvalue weighted by Crippen LogP contribution is 2.28. The molecule has 120 valence electrons. The zero-order valence-electron chi connectivity index (χ0n) is 13.2. The summed E-state index contributed by atoms with van der Waals surface area (Å²) >= 11 is 0. The van der Waals surface area contributed by atoms with Crippen molar-refractivity contribution in [1.82, 2.24) is 4.98 Å². The van der Waals surface area contributed by atoms with E-state index in [-0.39, 0.29) is 24.4 Å². The second-order valence-electron chi connectivity index (χ2n) is 5.95. The van der Waals surface area contributed by atoms with E-state index in [1.807, 2.05) is 24.4 Å². The van der Waals surface area contributed by atoms with Gasteiger partial charge in [-0.2, -0.15) is 5.26 Å². The maximum atomic E-state index is 12.3. The fourth-order valence-corrected chi connectivity index (χ4v) is 3.18. The van der Waals surface area contributed by atoms with Gasteiger partial charge in [0, 0.05) is 17.1 Å². The smallest absolute Gasteiger partial charge is 0.310 e. The van der Waals surface area contributed by atoms with Crippen LogP contribution in [0, 0.1) is 17.2 Å². The molecule has 0 saturated heterocycles. The maximum Gasteiger partial charge on any atom is 0.310 e. The van der Waals surface area contributed by atoms with Crippen molar-refractivity contribution in [2.45, 2.75) is 38.2 Å². The number of carbonyl (C=O) groups is 1. The Hall–Kier alpha value is -2.48. The zero-order chi connectivity index (χ0) is 16.2. The van der Waals surface area contributed by atoms with E-state index >= 15 is 0 Å². The van der Waals surface area contributed by atoms with Crippen LogP contribution in [0.15, 0.2) is 24.4 Å². The topological polar surface area (TPSA) is 75.1 Å². The van der Waals surface area contributed by atoms with E-state index in [9.17, 15) is 4.79 Å². The number of hydrogen-bond donors (Lipinski definition) is 1. The highest BCUT2D eigenvalue weighted by molar-refractivity contribution is 5.88. The van der Waals surface area contributed by atoms with Gasteiger partial charge in [-0.3, -0.25) is 4.79 Å². The van der Waals surface area contributed by atoms with E-state index in [2.05, 4.69) is 11.1 Å². The van der Waals surface area contributed by atoms with Gasteiger partial charge in [-0.05, 0) is 43.0 Å². The molecule has 3 rings (SSSR count). The van der Waals surface area contributed by atoms with E-state index in [1.165, 1.54) is 0 Å². The molecule has 0 radical (unpaired) electrons. The number of ether oxygens (including phenoxy) is 2. The molecule has 1 N–H and O–H groups in total. The van der Waals surface area contributed by atoms with Crippen LogP contribution >= 0.6 is 0 Å². The molecular weight excluding hydrogens is 292 g/mol. The van der Waals surface area contributed by atoms with Gasteiger partial charge < -0.3 is 14.5 Å². The fourth-order valence-electron chi connectivity index (χ4n) is 3.18. The number of nitrogens with one attached hydrogen (secondary N) is 1. The number of benzene rings is 1. The molecule has 1 heterocycles. The summed E-state index contributed by atoms with van der Waals surface area (Å²) in [5.74, 6) is 0.306. The van der Waals surface area contributed by atoms with Crippen LogP contribution in [-0.4, -0.2) is 24.2 Å². The van der Waals surface area contributed by atoms with E-state index < -0.39 is 0 Å². The van der Waals surface area contributed by atoms with Gasteiger partial charge in [0.05, 0.1) is 25.5 Å². The SMILES string of the molecule is COc1ccc2[nH]cc(CC(=O)O[C@H]3CCCC[C@@H]3C#N)c2c1. The van der Waals surface area contributed by atoms with Crippen molar-refractivity contribution in [3.8, 4) is 11.8 Å². The Kier molecular flexibility index (Phi) is 4.52. The number of esters is 1. The van der Waals surface area contributed by atoms with E-state index in [4.69, 9.17) is 14.7 Å². The van der Waals surface area contributed by atoms with Crippen molar-refractivity contribution in [2.75, 3.05) is 7.11 Å². The number of methoxy groups -OCH3 is 1. The van der Waals surface area contributed by atoms with Gasteiger partial charge in [0.2, 0.25) is 0 Å². The number of fused-ring (bicyclic) bond motifs is 1. The predicted octanol–water partition coefficient (Wildman–Crippen LogP) is 3.34. The van der Waals surface area contributed by atoms with Crippen LogP contribution in [0.1, 0.15) is 31.2 Å². The van der Waals surface area contributed by atoms with Crippen LogP contribution in [0.4, 0.5) is 0 Å². The minimum Gasteiger partial charge on any atom is -0.497 e. The standard InChI is InChI=1S/C18H20N2O3/c1-22-14-6-7-16-15(9-14)13(11-20-16)8-18(21)23-17-5-3-2-4-12(17)10-19/h6-7,9,11-12,17,20H,2-5,8H2,1H3/t12-,17+/m1/s1. The molecule has 0 bridgehead atoms. The van der Waals surface area contributed by atoms with Crippen molar-refractivity contribution in [3.05, 3.63) is 30.0 Å². The van der Waals surface area contributed by atoms with Gasteiger partial charge in [0.25, 0.3) is 0 Å². The molecule has 1 saturated carbocycles. The molecule has 0 spiro atoms. The molecule has 5 nitrogen and oxygen atoms in total. The highest BCUT2D eigenvalue weighted by Gasteiger charge is 2.28. The van der Waals surface area contributed by atoms with Crippen molar-refractivity contribution >= 4 is 16.9 Å². The molecule has 2 aromatic rings. The Morgan fingerprint density at radius 1 is 1.39 bits per heavy atom. The third-order valence-electron chi connectivity index (χ3n) is 4.46. The first-order valence-corrected chi connectivity index (χ1v) is 7.94. The predicted molar refractivity (Wildman–Crippen MR) is 86.0 cm³/mol. The van der Waals surface area contributed by atoms with Gasteiger partial charge in [0.1, 0.15) is 11.9 Å². The normalized spacial score (nSPS) is 20.9. The van der Waals surface area contributed by atoms with Crippen LogP contribution in [0.25, 0.3) is 10.9 Å². The van der Waals surface area contributed by atoms with Gasteiger partial charge in [-0.15, -0.1) is 0 Å². The molecule has 0 amide bonds. The quantitative estimate of drug-likeness (QED) is 0.879. The van der Waals surface area contributed by atoms with Crippen molar-refractivity contribution < 1.29 is 14.3 Å². The Balaban J connectivity index is 1.71. The molecule has 1 aliphatic rings. The number of aromatic nitrogens is 1. The van der Waals surface area contributed by atoms with Gasteiger partial charge in [-0.1, -0.05) is 6.42 Å². The molecule has 1 aliphatic carbocycles. The van der Waals surface area contributed by atoms with Crippen LogP contribution < -0.4 is 4.74 Å². The fraction of sp³-hybridized carbons (Fsp3) is 0.444. The summed E-state index contributed by atoms with van der Waals surface area (Å²) in [6, 6.07) is 7.97. The summed E-state index contributed by atoms with van der Waals surface area (Å²) in [5, 5.41) is 10.1. The van der Waals surface area contributed by atoms with E-state index in [1.54, 1.807) is 7.11 Å². The number of nitrogens with zero attached hydrogens (tertiary/aromatic N) is 1. The summed E-state index contributed by atoms with van der Waals surface area (Å²) in [4.78, 5) is 15.4. The lowest BCUT2D eigenvalue weighted by Gasteiger charge is -2.26. The van der Waals surface area contributed by atoms with Gasteiger partial charge >= 0.3 is 5.97 Å². The lowest BCUT2D eigenvalue weighted by Crippen LogP contribution is -2.29. The number of rotatable bonds is 4. The Morgan fingerprint density at radius 3 is 3.00 bits per heavy atom.